The highest BCUT2D eigenvalue weighted by Crippen LogP contribution is 2.11. The van der Waals surface area contributed by atoms with E-state index in [4.69, 9.17) is 4.74 Å². The Morgan fingerprint density at radius 1 is 1.39 bits per heavy atom. The third kappa shape index (κ3) is 6.60. The maximum absolute atomic E-state index is 11.7. The van der Waals surface area contributed by atoms with Gasteiger partial charge in [-0.1, -0.05) is 17.2 Å². The number of allylic oxidation sites excluding steroid dienone is 3. The summed E-state index contributed by atoms with van der Waals surface area (Å²) in [5.74, 6) is 0.518. The molecular formula is C15H25NO2. The van der Waals surface area contributed by atoms with E-state index < -0.39 is 0 Å². The first-order chi connectivity index (χ1) is 8.58. The molecule has 1 N–H and O–H groups in total. The molecule has 1 amide bonds. The maximum Gasteiger partial charge on any atom is 0.243 e. The molecule has 1 aliphatic heterocycles. The minimum Gasteiger partial charge on any atom is -0.381 e. The maximum atomic E-state index is 11.7. The minimum absolute atomic E-state index is 0.0246. The fourth-order valence-corrected chi connectivity index (χ4v) is 1.92. The van der Waals surface area contributed by atoms with Gasteiger partial charge in [0.15, 0.2) is 0 Å². The highest BCUT2D eigenvalue weighted by atomic mass is 16.5. The Bertz CT molecular complexity index is 321. The molecule has 3 nitrogen and oxygen atoms in total. The molecule has 1 heterocycles. The molecule has 1 unspecified atom stereocenters. The number of hydrogen-bond donors (Lipinski definition) is 1. The van der Waals surface area contributed by atoms with E-state index >= 15 is 0 Å². The van der Waals surface area contributed by atoms with Crippen LogP contribution in [-0.4, -0.2) is 25.7 Å². The van der Waals surface area contributed by atoms with E-state index in [1.165, 1.54) is 5.57 Å². The van der Waals surface area contributed by atoms with Crippen LogP contribution in [0.5, 0.6) is 0 Å². The zero-order chi connectivity index (χ0) is 13.4. The van der Waals surface area contributed by atoms with E-state index in [2.05, 4.69) is 25.2 Å². The van der Waals surface area contributed by atoms with Crippen LogP contribution in [0.1, 0.15) is 40.0 Å². The van der Waals surface area contributed by atoms with Crippen molar-refractivity contribution in [1.29, 1.82) is 0 Å². The summed E-state index contributed by atoms with van der Waals surface area (Å²) in [5, 5.41) is 2.94. The Morgan fingerprint density at radius 2 is 2.17 bits per heavy atom. The summed E-state index contributed by atoms with van der Waals surface area (Å²) in [6.07, 6.45) is 6.93. The average Bonchev–Trinajstić information content (AvgIpc) is 2.78. The molecule has 0 spiro atoms. The lowest BCUT2D eigenvalue weighted by Crippen LogP contribution is -2.28. The summed E-state index contributed by atoms with van der Waals surface area (Å²) < 4.78 is 5.27. The van der Waals surface area contributed by atoms with Crippen LogP contribution in [0.25, 0.3) is 0 Å². The van der Waals surface area contributed by atoms with Crippen LogP contribution in [0.4, 0.5) is 0 Å². The molecule has 0 radical (unpaired) electrons. The Kier molecular flexibility index (Phi) is 6.73. The average molecular weight is 251 g/mol. The fraction of sp³-hybridized carbons (Fsp3) is 0.667. The van der Waals surface area contributed by atoms with Gasteiger partial charge in [-0.3, -0.25) is 4.79 Å². The number of amides is 1. The van der Waals surface area contributed by atoms with E-state index in [0.29, 0.717) is 5.92 Å². The molecule has 0 aromatic carbocycles. The molecule has 1 rings (SSSR count). The third-order valence-electron chi connectivity index (χ3n) is 3.06. The van der Waals surface area contributed by atoms with Crippen molar-refractivity contribution in [3.05, 3.63) is 23.3 Å². The normalized spacial score (nSPS) is 19.7. The van der Waals surface area contributed by atoms with Gasteiger partial charge in [0, 0.05) is 25.1 Å². The minimum atomic E-state index is 0.0246. The second-order valence-electron chi connectivity index (χ2n) is 5.29. The molecule has 18 heavy (non-hydrogen) atoms. The molecule has 0 aliphatic carbocycles. The van der Waals surface area contributed by atoms with Gasteiger partial charge in [0.1, 0.15) is 0 Å². The van der Waals surface area contributed by atoms with Crippen LogP contribution >= 0.6 is 0 Å². The number of nitrogens with one attached hydrogen (secondary N) is 1. The first-order valence-electron chi connectivity index (χ1n) is 6.74. The first-order valence-corrected chi connectivity index (χ1v) is 6.74. The molecule has 3 heteroatoms. The molecule has 1 aliphatic rings. The Hall–Kier alpha value is -1.09. The SMILES string of the molecule is CC(C)=CCCC(C)=CC(=O)NCC1CCOC1. The summed E-state index contributed by atoms with van der Waals surface area (Å²) in [6, 6.07) is 0. The van der Waals surface area contributed by atoms with Crippen molar-refractivity contribution in [3.63, 3.8) is 0 Å². The van der Waals surface area contributed by atoms with E-state index in [1.54, 1.807) is 6.08 Å². The second kappa shape index (κ2) is 8.09. The monoisotopic (exact) mass is 251 g/mol. The largest absolute Gasteiger partial charge is 0.381 e. The standard InChI is InChI=1S/C15H25NO2/c1-12(2)5-4-6-13(3)9-15(17)16-10-14-7-8-18-11-14/h5,9,14H,4,6-8,10-11H2,1-3H3,(H,16,17). The molecule has 0 aromatic heterocycles. The molecule has 0 bridgehead atoms. The zero-order valence-electron chi connectivity index (χ0n) is 11.8. The van der Waals surface area contributed by atoms with Gasteiger partial charge in [0.25, 0.3) is 0 Å². The summed E-state index contributed by atoms with van der Waals surface area (Å²) >= 11 is 0. The van der Waals surface area contributed by atoms with Gasteiger partial charge in [0.2, 0.25) is 5.91 Å². The molecular weight excluding hydrogens is 226 g/mol. The van der Waals surface area contributed by atoms with Crippen LogP contribution < -0.4 is 5.32 Å². The van der Waals surface area contributed by atoms with E-state index in [-0.39, 0.29) is 5.91 Å². The Balaban J connectivity index is 2.21. The molecule has 0 saturated carbocycles. The molecule has 1 saturated heterocycles. The van der Waals surface area contributed by atoms with Gasteiger partial charge < -0.3 is 10.1 Å². The van der Waals surface area contributed by atoms with Crippen LogP contribution in [0, 0.1) is 5.92 Å². The highest BCUT2D eigenvalue weighted by molar-refractivity contribution is 5.88. The first kappa shape index (κ1) is 15.0. The quantitative estimate of drug-likeness (QED) is 0.582. The smallest absolute Gasteiger partial charge is 0.243 e. The lowest BCUT2D eigenvalue weighted by molar-refractivity contribution is -0.116. The van der Waals surface area contributed by atoms with Gasteiger partial charge in [-0.05, 0) is 40.0 Å². The molecule has 1 atom stereocenters. The number of carbonyl (C=O) groups is 1. The van der Waals surface area contributed by atoms with Gasteiger partial charge in [-0.2, -0.15) is 0 Å². The van der Waals surface area contributed by atoms with Gasteiger partial charge in [0.05, 0.1) is 6.61 Å². The van der Waals surface area contributed by atoms with Crippen molar-refractivity contribution in [1.82, 2.24) is 5.32 Å². The van der Waals surface area contributed by atoms with Gasteiger partial charge >= 0.3 is 0 Å². The third-order valence-corrected chi connectivity index (χ3v) is 3.06. The van der Waals surface area contributed by atoms with Crippen molar-refractivity contribution < 1.29 is 9.53 Å². The van der Waals surface area contributed by atoms with Crippen molar-refractivity contribution in [2.24, 2.45) is 5.92 Å². The van der Waals surface area contributed by atoms with Crippen LogP contribution in [0.15, 0.2) is 23.3 Å². The number of hydrogen-bond acceptors (Lipinski definition) is 2. The zero-order valence-corrected chi connectivity index (χ0v) is 11.8. The number of ether oxygens (including phenoxy) is 1. The highest BCUT2D eigenvalue weighted by Gasteiger charge is 2.15. The van der Waals surface area contributed by atoms with E-state index in [1.807, 2.05) is 6.92 Å². The molecule has 0 aromatic rings. The molecule has 102 valence electrons. The molecule has 1 fully saturated rings. The summed E-state index contributed by atoms with van der Waals surface area (Å²) in [7, 11) is 0. The summed E-state index contributed by atoms with van der Waals surface area (Å²) in [5.41, 5.74) is 2.46. The Labute approximate surface area is 110 Å². The summed E-state index contributed by atoms with van der Waals surface area (Å²) in [6.45, 7) is 8.54. The van der Waals surface area contributed by atoms with Crippen LogP contribution in [0.2, 0.25) is 0 Å². The van der Waals surface area contributed by atoms with Crippen molar-refractivity contribution in [2.45, 2.75) is 40.0 Å². The fourth-order valence-electron chi connectivity index (χ4n) is 1.92. The number of carbonyl (C=O) groups excluding carboxylic acids is 1. The number of rotatable bonds is 6. The second-order valence-corrected chi connectivity index (χ2v) is 5.29. The van der Waals surface area contributed by atoms with E-state index in [9.17, 15) is 4.79 Å². The summed E-state index contributed by atoms with van der Waals surface area (Å²) in [4.78, 5) is 11.7. The predicted octanol–water partition coefficient (Wildman–Crippen LogP) is 2.83. The van der Waals surface area contributed by atoms with Crippen LogP contribution in [0.3, 0.4) is 0 Å². The Morgan fingerprint density at radius 3 is 2.78 bits per heavy atom. The van der Waals surface area contributed by atoms with Gasteiger partial charge in [-0.15, -0.1) is 0 Å². The van der Waals surface area contributed by atoms with Crippen molar-refractivity contribution in [2.75, 3.05) is 19.8 Å². The predicted molar refractivity (Wildman–Crippen MR) is 74.4 cm³/mol. The van der Waals surface area contributed by atoms with Crippen molar-refractivity contribution in [3.8, 4) is 0 Å². The van der Waals surface area contributed by atoms with Gasteiger partial charge in [-0.25, -0.2) is 0 Å². The van der Waals surface area contributed by atoms with Crippen molar-refractivity contribution >= 4 is 5.91 Å². The lowest BCUT2D eigenvalue weighted by atomic mass is 10.1. The van der Waals surface area contributed by atoms with Crippen LogP contribution in [-0.2, 0) is 9.53 Å². The lowest BCUT2D eigenvalue weighted by Gasteiger charge is -2.08. The van der Waals surface area contributed by atoms with E-state index in [0.717, 1.165) is 44.6 Å². The topological polar surface area (TPSA) is 38.3 Å².